The molecule has 2 N–H and O–H groups in total. The van der Waals surface area contributed by atoms with Crippen molar-refractivity contribution in [2.45, 2.75) is 44.7 Å². The van der Waals surface area contributed by atoms with Gasteiger partial charge in [0, 0.05) is 18.8 Å². The first-order chi connectivity index (χ1) is 9.81. The lowest BCUT2D eigenvalue weighted by Gasteiger charge is -2.40. The molecule has 0 radical (unpaired) electrons. The Hall–Kier alpha value is -1.07. The summed E-state index contributed by atoms with van der Waals surface area (Å²) >= 11 is 0. The average molecular weight is 277 g/mol. The summed E-state index contributed by atoms with van der Waals surface area (Å²) in [6.45, 7) is 7.17. The van der Waals surface area contributed by atoms with Crippen LogP contribution in [0.15, 0.2) is 12.3 Å². The van der Waals surface area contributed by atoms with E-state index in [2.05, 4.69) is 14.9 Å². The zero-order valence-electron chi connectivity index (χ0n) is 12.4. The fourth-order valence-electron chi connectivity index (χ4n) is 3.54. The van der Waals surface area contributed by atoms with Gasteiger partial charge in [0.25, 0.3) is 0 Å². The molecule has 1 aromatic rings. The normalized spacial score (nSPS) is 23.2. The third-order valence-corrected chi connectivity index (χ3v) is 4.77. The van der Waals surface area contributed by atoms with Crippen molar-refractivity contribution in [3.05, 3.63) is 12.3 Å². The Labute approximate surface area is 121 Å². The number of rotatable bonds is 4. The van der Waals surface area contributed by atoms with Gasteiger partial charge in [-0.25, -0.2) is 0 Å². The minimum Gasteiger partial charge on any atom is -0.382 e. The van der Waals surface area contributed by atoms with Crippen LogP contribution in [0.1, 0.15) is 32.1 Å². The minimum atomic E-state index is 0.619. The van der Waals surface area contributed by atoms with Crippen LogP contribution in [0, 0.1) is 0 Å². The summed E-state index contributed by atoms with van der Waals surface area (Å²) in [6, 6.07) is 2.70. The van der Waals surface area contributed by atoms with Gasteiger partial charge < -0.3 is 15.5 Å². The molecule has 0 saturated carbocycles. The summed E-state index contributed by atoms with van der Waals surface area (Å²) in [5, 5.41) is 4.24. The molecular weight excluding hydrogens is 250 g/mol. The monoisotopic (exact) mass is 277 g/mol. The molecule has 3 rings (SSSR count). The van der Waals surface area contributed by atoms with Gasteiger partial charge >= 0.3 is 0 Å². The van der Waals surface area contributed by atoms with Crippen molar-refractivity contribution in [2.75, 3.05) is 38.5 Å². The Morgan fingerprint density at radius 3 is 2.45 bits per heavy atom. The number of piperidine rings is 2. The molecule has 20 heavy (non-hydrogen) atoms. The fourth-order valence-corrected chi connectivity index (χ4v) is 3.54. The molecular formula is C15H27N5. The Kier molecular flexibility index (Phi) is 4.58. The molecule has 0 amide bonds. The topological polar surface area (TPSA) is 50.3 Å². The molecule has 1 aromatic heterocycles. The molecule has 5 heteroatoms. The summed E-state index contributed by atoms with van der Waals surface area (Å²) in [5.41, 5.74) is 5.64. The van der Waals surface area contributed by atoms with Crippen molar-refractivity contribution in [3.63, 3.8) is 0 Å². The zero-order valence-corrected chi connectivity index (χ0v) is 12.4. The molecule has 0 aromatic carbocycles. The van der Waals surface area contributed by atoms with Crippen LogP contribution in [0.25, 0.3) is 0 Å². The van der Waals surface area contributed by atoms with E-state index in [1.54, 1.807) is 0 Å². The van der Waals surface area contributed by atoms with E-state index in [1.165, 1.54) is 58.3 Å². The fraction of sp³-hybridized carbons (Fsp3) is 0.800. The van der Waals surface area contributed by atoms with Crippen molar-refractivity contribution in [2.24, 2.45) is 0 Å². The Morgan fingerprint density at radius 2 is 1.80 bits per heavy atom. The van der Waals surface area contributed by atoms with Crippen LogP contribution in [0.4, 0.5) is 5.82 Å². The van der Waals surface area contributed by atoms with Crippen LogP contribution in [-0.2, 0) is 6.54 Å². The number of hydrogen-bond donors (Lipinski definition) is 1. The van der Waals surface area contributed by atoms with Crippen LogP contribution in [0.2, 0.25) is 0 Å². The van der Waals surface area contributed by atoms with Gasteiger partial charge in [-0.1, -0.05) is 6.42 Å². The minimum absolute atomic E-state index is 0.619. The van der Waals surface area contributed by atoms with Gasteiger partial charge in [0.1, 0.15) is 5.82 Å². The number of aromatic nitrogens is 2. The van der Waals surface area contributed by atoms with Crippen LogP contribution in [0.5, 0.6) is 0 Å². The van der Waals surface area contributed by atoms with E-state index in [1.807, 2.05) is 16.9 Å². The second-order valence-corrected chi connectivity index (χ2v) is 6.17. The van der Waals surface area contributed by atoms with Crippen molar-refractivity contribution in [1.82, 2.24) is 19.6 Å². The van der Waals surface area contributed by atoms with E-state index in [0.717, 1.165) is 19.1 Å². The highest BCUT2D eigenvalue weighted by molar-refractivity contribution is 5.23. The summed E-state index contributed by atoms with van der Waals surface area (Å²) in [6.07, 6.45) is 8.88. The highest BCUT2D eigenvalue weighted by Crippen LogP contribution is 2.20. The molecule has 5 nitrogen and oxygen atoms in total. The van der Waals surface area contributed by atoms with Crippen LogP contribution in [0.3, 0.4) is 0 Å². The predicted molar refractivity (Wildman–Crippen MR) is 81.5 cm³/mol. The number of anilines is 1. The van der Waals surface area contributed by atoms with Crippen molar-refractivity contribution < 1.29 is 0 Å². The van der Waals surface area contributed by atoms with Crippen molar-refractivity contribution in [1.29, 1.82) is 0 Å². The molecule has 0 atom stereocenters. The van der Waals surface area contributed by atoms with Gasteiger partial charge in [0.15, 0.2) is 0 Å². The van der Waals surface area contributed by atoms with E-state index >= 15 is 0 Å². The summed E-state index contributed by atoms with van der Waals surface area (Å²) in [4.78, 5) is 5.30. The highest BCUT2D eigenvalue weighted by atomic mass is 15.3. The van der Waals surface area contributed by atoms with E-state index in [0.29, 0.717) is 5.82 Å². The standard InChI is InChI=1S/C15H27N5/c16-15-6-11-20(17-15)13-12-18-9-4-14(5-10-18)19-7-2-1-3-8-19/h6,11,14H,1-5,7-10,12-13H2,(H2,16,17). The summed E-state index contributed by atoms with van der Waals surface area (Å²) in [5.74, 6) is 0.619. The molecule has 112 valence electrons. The van der Waals surface area contributed by atoms with E-state index < -0.39 is 0 Å². The SMILES string of the molecule is Nc1ccn(CCN2CCC(N3CCCCC3)CC2)n1. The average Bonchev–Trinajstić information content (AvgIpc) is 2.92. The Bertz CT molecular complexity index is 402. The molecule has 2 fully saturated rings. The molecule has 0 spiro atoms. The van der Waals surface area contributed by atoms with Gasteiger partial charge in [-0.05, 0) is 57.9 Å². The summed E-state index contributed by atoms with van der Waals surface area (Å²) in [7, 11) is 0. The number of nitrogens with two attached hydrogens (primary N) is 1. The number of nitrogen functional groups attached to an aromatic ring is 1. The zero-order chi connectivity index (χ0) is 13.8. The first kappa shape index (κ1) is 13.9. The number of nitrogens with zero attached hydrogens (tertiary/aromatic N) is 4. The second kappa shape index (κ2) is 6.59. The molecule has 2 aliphatic heterocycles. The third-order valence-electron chi connectivity index (χ3n) is 4.77. The lowest BCUT2D eigenvalue weighted by molar-refractivity contribution is 0.0906. The number of likely N-dealkylation sites (tertiary alicyclic amines) is 2. The Morgan fingerprint density at radius 1 is 1.05 bits per heavy atom. The Balaban J connectivity index is 1.39. The molecule has 0 bridgehead atoms. The largest absolute Gasteiger partial charge is 0.382 e. The predicted octanol–water partition coefficient (Wildman–Crippen LogP) is 1.42. The molecule has 0 aliphatic carbocycles. The lowest BCUT2D eigenvalue weighted by atomic mass is 10.00. The van der Waals surface area contributed by atoms with E-state index in [-0.39, 0.29) is 0 Å². The molecule has 2 saturated heterocycles. The van der Waals surface area contributed by atoms with Crippen LogP contribution < -0.4 is 5.73 Å². The van der Waals surface area contributed by atoms with Gasteiger partial charge in [-0.15, -0.1) is 0 Å². The maximum absolute atomic E-state index is 5.64. The molecule has 0 unspecified atom stereocenters. The van der Waals surface area contributed by atoms with Crippen molar-refractivity contribution in [3.8, 4) is 0 Å². The van der Waals surface area contributed by atoms with Gasteiger partial charge in [-0.3, -0.25) is 4.68 Å². The van der Waals surface area contributed by atoms with Crippen LogP contribution in [-0.4, -0.2) is 58.3 Å². The first-order valence-electron chi connectivity index (χ1n) is 8.06. The first-order valence-corrected chi connectivity index (χ1v) is 8.06. The smallest absolute Gasteiger partial charge is 0.145 e. The quantitative estimate of drug-likeness (QED) is 0.904. The third kappa shape index (κ3) is 3.52. The number of hydrogen-bond acceptors (Lipinski definition) is 4. The van der Waals surface area contributed by atoms with E-state index in [4.69, 9.17) is 5.73 Å². The molecule has 3 heterocycles. The van der Waals surface area contributed by atoms with Gasteiger partial charge in [0.2, 0.25) is 0 Å². The van der Waals surface area contributed by atoms with Crippen LogP contribution >= 0.6 is 0 Å². The van der Waals surface area contributed by atoms with Gasteiger partial charge in [0.05, 0.1) is 6.54 Å². The van der Waals surface area contributed by atoms with E-state index in [9.17, 15) is 0 Å². The second-order valence-electron chi connectivity index (χ2n) is 6.17. The highest BCUT2D eigenvalue weighted by Gasteiger charge is 2.25. The van der Waals surface area contributed by atoms with Crippen molar-refractivity contribution >= 4 is 5.82 Å². The van der Waals surface area contributed by atoms with Gasteiger partial charge in [-0.2, -0.15) is 5.10 Å². The maximum atomic E-state index is 5.64. The lowest BCUT2D eigenvalue weighted by Crippen LogP contribution is -2.47. The summed E-state index contributed by atoms with van der Waals surface area (Å²) < 4.78 is 1.95. The molecule has 2 aliphatic rings. The maximum Gasteiger partial charge on any atom is 0.145 e.